The SMILES string of the molecule is O=C(NCCc1ccc2c(c1)OCO2)c1cc2ccccc2o1. The Bertz CT molecular complexity index is 835. The molecule has 0 atom stereocenters. The number of furan rings is 1. The molecule has 5 heteroatoms. The van der Waals surface area contributed by atoms with Gasteiger partial charge in [0.2, 0.25) is 6.79 Å². The summed E-state index contributed by atoms with van der Waals surface area (Å²) >= 11 is 0. The Hall–Kier alpha value is -2.95. The summed E-state index contributed by atoms with van der Waals surface area (Å²) in [5.41, 5.74) is 1.80. The van der Waals surface area contributed by atoms with Gasteiger partial charge in [-0.2, -0.15) is 0 Å². The van der Waals surface area contributed by atoms with Gasteiger partial charge in [0.1, 0.15) is 5.58 Å². The summed E-state index contributed by atoms with van der Waals surface area (Å²) < 4.78 is 16.2. The highest BCUT2D eigenvalue weighted by Crippen LogP contribution is 2.32. The van der Waals surface area contributed by atoms with Gasteiger partial charge in [-0.25, -0.2) is 0 Å². The van der Waals surface area contributed by atoms with Gasteiger partial charge < -0.3 is 19.2 Å². The third-order valence-corrected chi connectivity index (χ3v) is 3.79. The molecule has 0 saturated heterocycles. The first kappa shape index (κ1) is 13.7. The lowest BCUT2D eigenvalue weighted by Gasteiger charge is -2.04. The van der Waals surface area contributed by atoms with Crippen LogP contribution >= 0.6 is 0 Å². The molecule has 2 heterocycles. The highest BCUT2D eigenvalue weighted by Gasteiger charge is 2.14. The molecule has 1 aliphatic heterocycles. The number of ether oxygens (including phenoxy) is 2. The molecule has 1 N–H and O–H groups in total. The van der Waals surface area contributed by atoms with Gasteiger partial charge in [0.15, 0.2) is 17.3 Å². The summed E-state index contributed by atoms with van der Waals surface area (Å²) in [7, 11) is 0. The quantitative estimate of drug-likeness (QED) is 0.804. The zero-order valence-corrected chi connectivity index (χ0v) is 12.4. The Labute approximate surface area is 132 Å². The zero-order valence-electron chi connectivity index (χ0n) is 12.4. The second kappa shape index (κ2) is 5.68. The Morgan fingerprint density at radius 2 is 1.91 bits per heavy atom. The van der Waals surface area contributed by atoms with Crippen molar-refractivity contribution in [3.63, 3.8) is 0 Å². The van der Waals surface area contributed by atoms with Crippen molar-refractivity contribution in [1.29, 1.82) is 0 Å². The predicted molar refractivity (Wildman–Crippen MR) is 84.8 cm³/mol. The monoisotopic (exact) mass is 309 g/mol. The molecule has 5 nitrogen and oxygen atoms in total. The fourth-order valence-electron chi connectivity index (χ4n) is 2.60. The van der Waals surface area contributed by atoms with Crippen LogP contribution < -0.4 is 14.8 Å². The van der Waals surface area contributed by atoms with Crippen LogP contribution in [0.1, 0.15) is 16.1 Å². The summed E-state index contributed by atoms with van der Waals surface area (Å²) in [6, 6.07) is 15.1. The smallest absolute Gasteiger partial charge is 0.287 e. The maximum atomic E-state index is 12.1. The van der Waals surface area contributed by atoms with Crippen molar-refractivity contribution < 1.29 is 18.7 Å². The van der Waals surface area contributed by atoms with E-state index in [1.807, 2.05) is 42.5 Å². The predicted octanol–water partition coefficient (Wildman–Crippen LogP) is 3.13. The standard InChI is InChI=1S/C18H15NO4/c20-18(17-10-13-3-1-2-4-14(13)23-17)19-8-7-12-5-6-15-16(9-12)22-11-21-15/h1-6,9-10H,7-8,11H2,(H,19,20). The number of para-hydroxylation sites is 1. The summed E-state index contributed by atoms with van der Waals surface area (Å²) in [6.07, 6.45) is 0.711. The minimum absolute atomic E-state index is 0.207. The Morgan fingerprint density at radius 3 is 2.83 bits per heavy atom. The maximum Gasteiger partial charge on any atom is 0.287 e. The third kappa shape index (κ3) is 2.73. The number of carbonyl (C=O) groups is 1. The van der Waals surface area contributed by atoms with Crippen molar-refractivity contribution in [1.82, 2.24) is 5.32 Å². The van der Waals surface area contributed by atoms with Gasteiger partial charge in [0.05, 0.1) is 0 Å². The van der Waals surface area contributed by atoms with Crippen molar-refractivity contribution >= 4 is 16.9 Å². The van der Waals surface area contributed by atoms with Gasteiger partial charge >= 0.3 is 0 Å². The van der Waals surface area contributed by atoms with Crippen LogP contribution in [0, 0.1) is 0 Å². The van der Waals surface area contributed by atoms with Crippen molar-refractivity contribution in [2.24, 2.45) is 0 Å². The summed E-state index contributed by atoms with van der Waals surface area (Å²) in [6.45, 7) is 0.789. The molecule has 0 saturated carbocycles. The number of hydrogen-bond acceptors (Lipinski definition) is 4. The Kier molecular flexibility index (Phi) is 3.38. The topological polar surface area (TPSA) is 60.7 Å². The van der Waals surface area contributed by atoms with Crippen LogP contribution in [0.5, 0.6) is 11.5 Å². The lowest BCUT2D eigenvalue weighted by atomic mass is 10.1. The largest absolute Gasteiger partial charge is 0.454 e. The fraction of sp³-hybridized carbons (Fsp3) is 0.167. The molecule has 0 radical (unpaired) electrons. The van der Waals surface area contributed by atoms with Gasteiger partial charge in [-0.1, -0.05) is 24.3 Å². The van der Waals surface area contributed by atoms with Crippen molar-refractivity contribution in [3.05, 3.63) is 59.9 Å². The first-order valence-corrected chi connectivity index (χ1v) is 7.45. The van der Waals surface area contributed by atoms with Crippen LogP contribution in [0.4, 0.5) is 0 Å². The van der Waals surface area contributed by atoms with Crippen molar-refractivity contribution in [2.45, 2.75) is 6.42 Å². The second-order valence-corrected chi connectivity index (χ2v) is 5.34. The first-order chi connectivity index (χ1) is 11.3. The maximum absolute atomic E-state index is 12.1. The van der Waals surface area contributed by atoms with Crippen LogP contribution in [0.3, 0.4) is 0 Å². The van der Waals surface area contributed by atoms with E-state index in [2.05, 4.69) is 5.32 Å². The van der Waals surface area contributed by atoms with Gasteiger partial charge in [-0.15, -0.1) is 0 Å². The first-order valence-electron chi connectivity index (χ1n) is 7.45. The number of carbonyl (C=O) groups excluding carboxylic acids is 1. The number of benzene rings is 2. The van der Waals surface area contributed by atoms with Crippen LogP contribution in [0.25, 0.3) is 11.0 Å². The van der Waals surface area contributed by atoms with Gasteiger partial charge in [-0.05, 0) is 36.2 Å². The van der Waals surface area contributed by atoms with E-state index in [1.54, 1.807) is 6.07 Å². The molecular formula is C18H15NO4. The molecule has 0 fully saturated rings. The summed E-state index contributed by atoms with van der Waals surface area (Å²) in [5.74, 6) is 1.64. The molecular weight excluding hydrogens is 294 g/mol. The summed E-state index contributed by atoms with van der Waals surface area (Å²) in [4.78, 5) is 12.1. The van der Waals surface area contributed by atoms with E-state index in [0.717, 1.165) is 22.4 Å². The van der Waals surface area contributed by atoms with Crippen molar-refractivity contribution in [2.75, 3.05) is 13.3 Å². The summed E-state index contributed by atoms with van der Waals surface area (Å²) in [5, 5.41) is 3.80. The molecule has 0 unspecified atom stereocenters. The molecule has 1 amide bonds. The van der Waals surface area contributed by atoms with E-state index in [4.69, 9.17) is 13.9 Å². The molecule has 0 bridgehead atoms. The van der Waals surface area contributed by atoms with Crippen LogP contribution in [-0.2, 0) is 6.42 Å². The fourth-order valence-corrected chi connectivity index (χ4v) is 2.60. The molecule has 3 aromatic rings. The molecule has 116 valence electrons. The number of fused-ring (bicyclic) bond motifs is 2. The second-order valence-electron chi connectivity index (χ2n) is 5.34. The van der Waals surface area contributed by atoms with Crippen LogP contribution in [0.15, 0.2) is 52.9 Å². The number of rotatable bonds is 4. The van der Waals surface area contributed by atoms with Gasteiger partial charge in [-0.3, -0.25) is 4.79 Å². The Balaban J connectivity index is 1.38. The van der Waals surface area contributed by atoms with E-state index < -0.39 is 0 Å². The molecule has 2 aromatic carbocycles. The minimum Gasteiger partial charge on any atom is -0.454 e. The lowest BCUT2D eigenvalue weighted by molar-refractivity contribution is 0.0928. The van der Waals surface area contributed by atoms with E-state index >= 15 is 0 Å². The van der Waals surface area contributed by atoms with Gasteiger partial charge in [0, 0.05) is 11.9 Å². The van der Waals surface area contributed by atoms with E-state index in [9.17, 15) is 4.79 Å². The number of nitrogens with one attached hydrogen (secondary N) is 1. The van der Waals surface area contributed by atoms with Crippen molar-refractivity contribution in [3.8, 4) is 11.5 Å². The molecule has 0 aliphatic carbocycles. The van der Waals surface area contributed by atoms with Crippen LogP contribution in [-0.4, -0.2) is 19.2 Å². The normalized spacial score (nSPS) is 12.5. The molecule has 4 rings (SSSR count). The van der Waals surface area contributed by atoms with Gasteiger partial charge in [0.25, 0.3) is 5.91 Å². The Morgan fingerprint density at radius 1 is 1.04 bits per heavy atom. The molecule has 0 spiro atoms. The van der Waals surface area contributed by atoms with E-state index in [1.165, 1.54) is 0 Å². The number of amides is 1. The van der Waals surface area contributed by atoms with E-state index in [-0.39, 0.29) is 12.7 Å². The average molecular weight is 309 g/mol. The highest BCUT2D eigenvalue weighted by molar-refractivity contribution is 5.96. The minimum atomic E-state index is -0.207. The van der Waals surface area contributed by atoms with Crippen LogP contribution in [0.2, 0.25) is 0 Å². The lowest BCUT2D eigenvalue weighted by Crippen LogP contribution is -2.25. The molecule has 1 aliphatic rings. The molecule has 1 aromatic heterocycles. The average Bonchev–Trinajstić information content (AvgIpc) is 3.20. The highest BCUT2D eigenvalue weighted by atomic mass is 16.7. The third-order valence-electron chi connectivity index (χ3n) is 3.79. The molecule has 23 heavy (non-hydrogen) atoms. The zero-order chi connectivity index (χ0) is 15.6. The number of hydrogen-bond donors (Lipinski definition) is 1. The van der Waals surface area contributed by atoms with E-state index in [0.29, 0.717) is 24.3 Å².